The van der Waals surface area contributed by atoms with Gasteiger partial charge in [0.2, 0.25) is 0 Å². The number of piperidine rings is 1. The van der Waals surface area contributed by atoms with Crippen molar-refractivity contribution in [3.8, 4) is 0 Å². The molecule has 0 aromatic carbocycles. The summed E-state index contributed by atoms with van der Waals surface area (Å²) in [4.78, 5) is 2.70. The first kappa shape index (κ1) is 13.4. The maximum atomic E-state index is 3.92. The van der Waals surface area contributed by atoms with Crippen LogP contribution in [-0.4, -0.2) is 36.1 Å². The van der Waals surface area contributed by atoms with Crippen LogP contribution in [0.2, 0.25) is 0 Å². The van der Waals surface area contributed by atoms with Crippen LogP contribution in [0.3, 0.4) is 0 Å². The lowest BCUT2D eigenvalue weighted by Crippen LogP contribution is -2.53. The van der Waals surface area contributed by atoms with Crippen molar-refractivity contribution in [2.75, 3.05) is 13.1 Å². The van der Waals surface area contributed by atoms with Crippen molar-refractivity contribution in [2.24, 2.45) is 5.92 Å². The van der Waals surface area contributed by atoms with Gasteiger partial charge in [-0.1, -0.05) is 26.7 Å². The van der Waals surface area contributed by atoms with Gasteiger partial charge in [-0.3, -0.25) is 4.90 Å². The highest BCUT2D eigenvalue weighted by molar-refractivity contribution is 4.87. The molecule has 100 valence electrons. The summed E-state index contributed by atoms with van der Waals surface area (Å²) in [6, 6.07) is 2.32. The Morgan fingerprint density at radius 1 is 1.18 bits per heavy atom. The molecule has 0 spiro atoms. The molecule has 3 atom stereocenters. The van der Waals surface area contributed by atoms with Gasteiger partial charge < -0.3 is 5.32 Å². The van der Waals surface area contributed by atoms with Crippen LogP contribution < -0.4 is 5.32 Å². The first-order chi connectivity index (χ1) is 8.19. The molecule has 0 amide bonds. The van der Waals surface area contributed by atoms with Crippen molar-refractivity contribution >= 4 is 0 Å². The number of hydrogen-bond acceptors (Lipinski definition) is 2. The lowest BCUT2D eigenvalue weighted by atomic mass is 9.93. The third-order valence-electron chi connectivity index (χ3n) is 4.73. The van der Waals surface area contributed by atoms with E-state index < -0.39 is 0 Å². The van der Waals surface area contributed by atoms with Crippen LogP contribution >= 0.6 is 0 Å². The van der Waals surface area contributed by atoms with Crippen LogP contribution in [0.1, 0.15) is 59.3 Å². The molecular formula is C15H30N2. The van der Waals surface area contributed by atoms with Gasteiger partial charge in [0.05, 0.1) is 0 Å². The van der Waals surface area contributed by atoms with Crippen molar-refractivity contribution in [1.29, 1.82) is 0 Å². The molecule has 17 heavy (non-hydrogen) atoms. The average molecular weight is 238 g/mol. The van der Waals surface area contributed by atoms with Crippen LogP contribution in [0.4, 0.5) is 0 Å². The number of rotatable bonds is 4. The Hall–Kier alpha value is -0.0800. The van der Waals surface area contributed by atoms with Gasteiger partial charge in [0.25, 0.3) is 0 Å². The fourth-order valence-corrected chi connectivity index (χ4v) is 3.56. The minimum atomic E-state index is 0.746. The van der Waals surface area contributed by atoms with E-state index in [1.165, 1.54) is 51.6 Å². The Labute approximate surface area is 107 Å². The highest BCUT2D eigenvalue weighted by Gasteiger charge is 2.28. The molecule has 1 aliphatic carbocycles. The Balaban J connectivity index is 1.84. The van der Waals surface area contributed by atoms with E-state index in [0.29, 0.717) is 0 Å². The summed E-state index contributed by atoms with van der Waals surface area (Å²) in [7, 11) is 0. The topological polar surface area (TPSA) is 15.3 Å². The SMILES string of the molecule is CCC(C)N1CC(C)CC(NC2CCCC2)C1. The molecule has 1 saturated heterocycles. The second-order valence-electron chi connectivity index (χ2n) is 6.40. The molecular weight excluding hydrogens is 208 g/mol. The Morgan fingerprint density at radius 2 is 1.88 bits per heavy atom. The molecule has 0 aromatic rings. The van der Waals surface area contributed by atoms with Crippen LogP contribution in [-0.2, 0) is 0 Å². The van der Waals surface area contributed by atoms with E-state index >= 15 is 0 Å². The molecule has 2 fully saturated rings. The second kappa shape index (κ2) is 6.19. The molecule has 2 aliphatic rings. The molecule has 1 N–H and O–H groups in total. The van der Waals surface area contributed by atoms with Gasteiger partial charge in [-0.25, -0.2) is 0 Å². The third kappa shape index (κ3) is 3.69. The Morgan fingerprint density at radius 3 is 2.53 bits per heavy atom. The van der Waals surface area contributed by atoms with Crippen molar-refractivity contribution in [2.45, 2.75) is 77.4 Å². The van der Waals surface area contributed by atoms with Gasteiger partial charge in [0, 0.05) is 31.2 Å². The quantitative estimate of drug-likeness (QED) is 0.810. The van der Waals surface area contributed by atoms with Crippen LogP contribution in [0.5, 0.6) is 0 Å². The smallest absolute Gasteiger partial charge is 0.0200 e. The van der Waals surface area contributed by atoms with Crippen LogP contribution in [0.25, 0.3) is 0 Å². The van der Waals surface area contributed by atoms with Crippen molar-refractivity contribution < 1.29 is 0 Å². The van der Waals surface area contributed by atoms with Gasteiger partial charge in [-0.2, -0.15) is 0 Å². The van der Waals surface area contributed by atoms with Gasteiger partial charge in [0.1, 0.15) is 0 Å². The summed E-state index contributed by atoms with van der Waals surface area (Å²) in [5.41, 5.74) is 0. The summed E-state index contributed by atoms with van der Waals surface area (Å²) in [6.45, 7) is 9.68. The molecule has 0 bridgehead atoms. The first-order valence-corrected chi connectivity index (χ1v) is 7.69. The van der Waals surface area contributed by atoms with Crippen molar-refractivity contribution in [3.63, 3.8) is 0 Å². The van der Waals surface area contributed by atoms with Crippen molar-refractivity contribution in [1.82, 2.24) is 10.2 Å². The van der Waals surface area contributed by atoms with Crippen LogP contribution in [0.15, 0.2) is 0 Å². The Bertz CT molecular complexity index is 223. The monoisotopic (exact) mass is 238 g/mol. The van der Waals surface area contributed by atoms with E-state index in [0.717, 1.165) is 24.0 Å². The maximum absolute atomic E-state index is 3.92. The standard InChI is InChI=1S/C15H30N2/c1-4-13(3)17-10-12(2)9-15(11-17)16-14-7-5-6-8-14/h12-16H,4-11H2,1-3H3. The fourth-order valence-electron chi connectivity index (χ4n) is 3.56. The third-order valence-corrected chi connectivity index (χ3v) is 4.73. The zero-order chi connectivity index (χ0) is 12.3. The zero-order valence-corrected chi connectivity index (χ0v) is 11.9. The first-order valence-electron chi connectivity index (χ1n) is 7.69. The molecule has 3 unspecified atom stereocenters. The van der Waals surface area contributed by atoms with E-state index in [1.54, 1.807) is 0 Å². The van der Waals surface area contributed by atoms with E-state index in [2.05, 4.69) is 31.0 Å². The molecule has 2 nitrogen and oxygen atoms in total. The molecule has 0 aromatic heterocycles. The van der Waals surface area contributed by atoms with Crippen molar-refractivity contribution in [3.05, 3.63) is 0 Å². The molecule has 2 heteroatoms. The van der Waals surface area contributed by atoms with E-state index in [-0.39, 0.29) is 0 Å². The molecule has 1 saturated carbocycles. The normalized spacial score (nSPS) is 34.1. The fraction of sp³-hybridized carbons (Fsp3) is 1.00. The number of likely N-dealkylation sites (tertiary alicyclic amines) is 1. The largest absolute Gasteiger partial charge is 0.310 e. The minimum absolute atomic E-state index is 0.746. The molecule has 2 rings (SSSR count). The van der Waals surface area contributed by atoms with Crippen LogP contribution in [0, 0.1) is 5.92 Å². The molecule has 0 radical (unpaired) electrons. The average Bonchev–Trinajstić information content (AvgIpc) is 2.80. The van der Waals surface area contributed by atoms with Gasteiger partial charge in [-0.15, -0.1) is 0 Å². The summed E-state index contributed by atoms with van der Waals surface area (Å²) in [5.74, 6) is 0.858. The second-order valence-corrected chi connectivity index (χ2v) is 6.40. The predicted octanol–water partition coefficient (Wildman–Crippen LogP) is 3.03. The predicted molar refractivity (Wildman–Crippen MR) is 74.3 cm³/mol. The number of nitrogens with zero attached hydrogens (tertiary/aromatic N) is 1. The maximum Gasteiger partial charge on any atom is 0.0200 e. The number of hydrogen-bond donors (Lipinski definition) is 1. The summed E-state index contributed by atoms with van der Waals surface area (Å²) in [5, 5.41) is 3.92. The van der Waals surface area contributed by atoms with E-state index in [1.807, 2.05) is 0 Å². The van der Waals surface area contributed by atoms with E-state index in [9.17, 15) is 0 Å². The van der Waals surface area contributed by atoms with Gasteiger partial charge in [-0.05, 0) is 38.5 Å². The summed E-state index contributed by atoms with van der Waals surface area (Å²) >= 11 is 0. The van der Waals surface area contributed by atoms with Gasteiger partial charge in [0.15, 0.2) is 0 Å². The molecule has 1 heterocycles. The zero-order valence-electron chi connectivity index (χ0n) is 11.9. The highest BCUT2D eigenvalue weighted by atomic mass is 15.2. The molecule has 1 aliphatic heterocycles. The number of nitrogens with one attached hydrogen (secondary N) is 1. The summed E-state index contributed by atoms with van der Waals surface area (Å²) < 4.78 is 0. The lowest BCUT2D eigenvalue weighted by molar-refractivity contribution is 0.104. The van der Waals surface area contributed by atoms with Gasteiger partial charge >= 0.3 is 0 Å². The minimum Gasteiger partial charge on any atom is -0.310 e. The highest BCUT2D eigenvalue weighted by Crippen LogP contribution is 2.23. The van der Waals surface area contributed by atoms with E-state index in [4.69, 9.17) is 0 Å². The Kier molecular flexibility index (Phi) is 4.87. The lowest BCUT2D eigenvalue weighted by Gasteiger charge is -2.41. The summed E-state index contributed by atoms with van der Waals surface area (Å²) in [6.07, 6.45) is 8.36.